The average molecular weight is 247 g/mol. The van der Waals surface area contributed by atoms with E-state index in [0.29, 0.717) is 5.88 Å². The summed E-state index contributed by atoms with van der Waals surface area (Å²) in [6, 6.07) is 23.9. The van der Waals surface area contributed by atoms with E-state index >= 15 is 0 Å². The highest BCUT2D eigenvalue weighted by molar-refractivity contribution is 5.63. The van der Waals surface area contributed by atoms with Crippen LogP contribution >= 0.6 is 0 Å². The first-order chi connectivity index (χ1) is 9.42. The van der Waals surface area contributed by atoms with Crippen molar-refractivity contribution in [3.63, 3.8) is 0 Å². The Hall–Kier alpha value is -2.61. The maximum atomic E-state index is 5.66. The van der Waals surface area contributed by atoms with E-state index in [1.807, 2.05) is 60.7 Å². The third-order valence-electron chi connectivity index (χ3n) is 2.82. The molecule has 0 aliphatic carbocycles. The molecule has 0 amide bonds. The van der Waals surface area contributed by atoms with Gasteiger partial charge in [-0.25, -0.2) is 4.98 Å². The van der Waals surface area contributed by atoms with Gasteiger partial charge >= 0.3 is 0 Å². The molecule has 0 N–H and O–H groups in total. The molecule has 3 aromatic rings. The van der Waals surface area contributed by atoms with Gasteiger partial charge in [0.1, 0.15) is 5.75 Å². The Morgan fingerprint density at radius 1 is 0.632 bits per heavy atom. The standard InChI is InChI=1S/C17H13NO/c1-2-6-14(7-3-1)15-9-11-16(12-10-15)19-17-8-4-5-13-18-17/h1-13H. The molecule has 0 aliphatic rings. The van der Waals surface area contributed by atoms with Crippen molar-refractivity contribution in [1.82, 2.24) is 4.98 Å². The fourth-order valence-corrected chi connectivity index (χ4v) is 1.87. The Morgan fingerprint density at radius 2 is 1.32 bits per heavy atom. The van der Waals surface area contributed by atoms with Crippen molar-refractivity contribution in [1.29, 1.82) is 0 Å². The molecule has 19 heavy (non-hydrogen) atoms. The van der Waals surface area contributed by atoms with Crippen LogP contribution in [-0.4, -0.2) is 4.98 Å². The SMILES string of the molecule is c1ccc(-c2ccc(Oc3ccccn3)cc2)cc1. The molecule has 0 unspecified atom stereocenters. The lowest BCUT2D eigenvalue weighted by atomic mass is 10.1. The van der Waals surface area contributed by atoms with Gasteiger partial charge in [-0.1, -0.05) is 48.5 Å². The maximum absolute atomic E-state index is 5.66. The highest BCUT2D eigenvalue weighted by Crippen LogP contribution is 2.24. The summed E-state index contributed by atoms with van der Waals surface area (Å²) >= 11 is 0. The number of nitrogens with zero attached hydrogens (tertiary/aromatic N) is 1. The Balaban J connectivity index is 1.80. The quantitative estimate of drug-likeness (QED) is 0.677. The van der Waals surface area contributed by atoms with E-state index in [-0.39, 0.29) is 0 Å². The van der Waals surface area contributed by atoms with Crippen molar-refractivity contribution < 1.29 is 4.74 Å². The molecule has 0 saturated heterocycles. The Bertz CT molecular complexity index is 633. The fourth-order valence-electron chi connectivity index (χ4n) is 1.87. The first-order valence-corrected chi connectivity index (χ1v) is 6.16. The molecule has 1 heterocycles. The van der Waals surface area contributed by atoms with Crippen LogP contribution in [0.5, 0.6) is 11.6 Å². The first kappa shape index (κ1) is 11.5. The number of rotatable bonds is 3. The predicted octanol–water partition coefficient (Wildman–Crippen LogP) is 4.54. The van der Waals surface area contributed by atoms with Crippen molar-refractivity contribution in [2.45, 2.75) is 0 Å². The summed E-state index contributed by atoms with van der Waals surface area (Å²) < 4.78 is 5.66. The molecule has 0 bridgehead atoms. The van der Waals surface area contributed by atoms with Gasteiger partial charge in [0.05, 0.1) is 0 Å². The second-order valence-electron chi connectivity index (χ2n) is 4.16. The van der Waals surface area contributed by atoms with E-state index in [4.69, 9.17) is 4.74 Å². The topological polar surface area (TPSA) is 22.1 Å². The Kier molecular flexibility index (Phi) is 3.24. The van der Waals surface area contributed by atoms with E-state index in [2.05, 4.69) is 17.1 Å². The lowest BCUT2D eigenvalue weighted by molar-refractivity contribution is 0.463. The van der Waals surface area contributed by atoms with Crippen LogP contribution in [0.1, 0.15) is 0 Å². The van der Waals surface area contributed by atoms with Gasteiger partial charge in [-0.15, -0.1) is 0 Å². The van der Waals surface area contributed by atoms with E-state index < -0.39 is 0 Å². The molecule has 0 aliphatic heterocycles. The van der Waals surface area contributed by atoms with Gasteiger partial charge in [-0.05, 0) is 29.3 Å². The number of benzene rings is 2. The van der Waals surface area contributed by atoms with Gasteiger partial charge in [0, 0.05) is 12.3 Å². The number of pyridine rings is 1. The molecule has 2 nitrogen and oxygen atoms in total. The van der Waals surface area contributed by atoms with E-state index in [9.17, 15) is 0 Å². The fraction of sp³-hybridized carbons (Fsp3) is 0. The molecule has 0 spiro atoms. The molecule has 2 heteroatoms. The number of aromatic nitrogens is 1. The monoisotopic (exact) mass is 247 g/mol. The van der Waals surface area contributed by atoms with Crippen molar-refractivity contribution in [2.24, 2.45) is 0 Å². The zero-order valence-corrected chi connectivity index (χ0v) is 10.4. The molecular weight excluding hydrogens is 234 g/mol. The van der Waals surface area contributed by atoms with Gasteiger partial charge in [0.15, 0.2) is 0 Å². The van der Waals surface area contributed by atoms with Gasteiger partial charge in [0.25, 0.3) is 0 Å². The summed E-state index contributed by atoms with van der Waals surface area (Å²) in [5.41, 5.74) is 2.38. The molecule has 0 fully saturated rings. The summed E-state index contributed by atoms with van der Waals surface area (Å²) in [4.78, 5) is 4.13. The summed E-state index contributed by atoms with van der Waals surface area (Å²) in [6.07, 6.45) is 1.72. The Labute approximate surface area is 112 Å². The minimum Gasteiger partial charge on any atom is -0.439 e. The average Bonchev–Trinajstić information content (AvgIpc) is 2.50. The largest absolute Gasteiger partial charge is 0.439 e. The minimum absolute atomic E-state index is 0.606. The summed E-state index contributed by atoms with van der Waals surface area (Å²) in [6.45, 7) is 0. The van der Waals surface area contributed by atoms with E-state index in [1.165, 1.54) is 11.1 Å². The predicted molar refractivity (Wildman–Crippen MR) is 76.2 cm³/mol. The van der Waals surface area contributed by atoms with Gasteiger partial charge < -0.3 is 4.74 Å². The normalized spacial score (nSPS) is 10.1. The molecule has 3 rings (SSSR count). The van der Waals surface area contributed by atoms with Gasteiger partial charge in [-0.3, -0.25) is 0 Å². The van der Waals surface area contributed by atoms with Gasteiger partial charge in [0.2, 0.25) is 5.88 Å². The smallest absolute Gasteiger partial charge is 0.219 e. The van der Waals surface area contributed by atoms with Crippen LogP contribution in [0.2, 0.25) is 0 Å². The van der Waals surface area contributed by atoms with Crippen LogP contribution in [-0.2, 0) is 0 Å². The van der Waals surface area contributed by atoms with Gasteiger partial charge in [-0.2, -0.15) is 0 Å². The summed E-state index contributed by atoms with van der Waals surface area (Å²) in [5, 5.41) is 0. The third-order valence-corrected chi connectivity index (χ3v) is 2.82. The molecule has 0 atom stereocenters. The number of ether oxygens (including phenoxy) is 1. The van der Waals surface area contributed by atoms with Crippen LogP contribution < -0.4 is 4.74 Å². The van der Waals surface area contributed by atoms with Crippen molar-refractivity contribution >= 4 is 0 Å². The van der Waals surface area contributed by atoms with E-state index in [0.717, 1.165) is 5.75 Å². The van der Waals surface area contributed by atoms with Crippen LogP contribution in [0.4, 0.5) is 0 Å². The zero-order valence-electron chi connectivity index (χ0n) is 10.4. The summed E-state index contributed by atoms with van der Waals surface area (Å²) in [7, 11) is 0. The van der Waals surface area contributed by atoms with Crippen molar-refractivity contribution in [3.8, 4) is 22.8 Å². The second kappa shape index (κ2) is 5.36. The summed E-state index contributed by atoms with van der Waals surface area (Å²) in [5.74, 6) is 1.40. The first-order valence-electron chi connectivity index (χ1n) is 6.16. The molecule has 0 radical (unpaired) electrons. The molecule has 0 saturated carbocycles. The Morgan fingerprint density at radius 3 is 2.00 bits per heavy atom. The van der Waals surface area contributed by atoms with Crippen LogP contribution in [0.15, 0.2) is 79.0 Å². The lowest BCUT2D eigenvalue weighted by Gasteiger charge is -2.06. The number of hydrogen-bond acceptors (Lipinski definition) is 2. The minimum atomic E-state index is 0.606. The zero-order chi connectivity index (χ0) is 12.9. The highest BCUT2D eigenvalue weighted by atomic mass is 16.5. The lowest BCUT2D eigenvalue weighted by Crippen LogP contribution is -1.86. The molecule has 1 aromatic heterocycles. The molecule has 92 valence electrons. The van der Waals surface area contributed by atoms with Crippen LogP contribution in [0, 0.1) is 0 Å². The van der Waals surface area contributed by atoms with Crippen LogP contribution in [0.3, 0.4) is 0 Å². The second-order valence-corrected chi connectivity index (χ2v) is 4.16. The number of hydrogen-bond donors (Lipinski definition) is 0. The van der Waals surface area contributed by atoms with Crippen molar-refractivity contribution in [2.75, 3.05) is 0 Å². The maximum Gasteiger partial charge on any atom is 0.219 e. The highest BCUT2D eigenvalue weighted by Gasteiger charge is 1.99. The molecule has 2 aromatic carbocycles. The van der Waals surface area contributed by atoms with Crippen LogP contribution in [0.25, 0.3) is 11.1 Å². The third kappa shape index (κ3) is 2.80. The van der Waals surface area contributed by atoms with E-state index in [1.54, 1.807) is 6.20 Å². The van der Waals surface area contributed by atoms with Crippen molar-refractivity contribution in [3.05, 3.63) is 79.0 Å². The molecular formula is C17H13NO.